The number of hydrogen-bond donors (Lipinski definition) is 2. The molecular formula is C20H23ClN2O. The summed E-state index contributed by atoms with van der Waals surface area (Å²) in [7, 11) is 0. The van der Waals surface area contributed by atoms with E-state index in [1.165, 1.54) is 22.3 Å². The second-order valence-corrected chi connectivity index (χ2v) is 6.82. The Balaban J connectivity index is 0.00000169. The molecule has 3 nitrogen and oxygen atoms in total. The van der Waals surface area contributed by atoms with Crippen molar-refractivity contribution < 1.29 is 4.79 Å². The molecule has 2 unspecified atom stereocenters. The minimum atomic E-state index is -0.449. The predicted molar refractivity (Wildman–Crippen MR) is 98.6 cm³/mol. The Morgan fingerprint density at radius 3 is 2.08 bits per heavy atom. The molecule has 2 atom stereocenters. The number of carbonyl (C=O) groups is 1. The van der Waals surface area contributed by atoms with Crippen molar-refractivity contribution in [1.82, 2.24) is 5.32 Å². The van der Waals surface area contributed by atoms with Gasteiger partial charge in [0.2, 0.25) is 5.91 Å². The first kappa shape index (κ1) is 17.0. The Bertz CT molecular complexity index is 711. The molecule has 126 valence electrons. The van der Waals surface area contributed by atoms with Crippen LogP contribution in [0.1, 0.15) is 47.4 Å². The lowest BCUT2D eigenvalue weighted by atomic mass is 9.59. The van der Waals surface area contributed by atoms with Gasteiger partial charge in [-0.3, -0.25) is 4.79 Å². The fourth-order valence-corrected chi connectivity index (χ4v) is 4.35. The van der Waals surface area contributed by atoms with Gasteiger partial charge in [0.1, 0.15) is 0 Å². The summed E-state index contributed by atoms with van der Waals surface area (Å²) in [5.74, 6) is 1.20. The van der Waals surface area contributed by atoms with Gasteiger partial charge in [-0.1, -0.05) is 48.5 Å². The van der Waals surface area contributed by atoms with Crippen LogP contribution in [0.3, 0.4) is 0 Å². The number of halogens is 1. The molecule has 0 radical (unpaired) electrons. The number of carbonyl (C=O) groups excluding carboxylic acids is 1. The Morgan fingerprint density at radius 2 is 1.58 bits per heavy atom. The van der Waals surface area contributed by atoms with Crippen LogP contribution >= 0.6 is 12.4 Å². The zero-order valence-electron chi connectivity index (χ0n) is 13.7. The molecule has 0 saturated carbocycles. The topological polar surface area (TPSA) is 55.1 Å². The smallest absolute Gasteiger partial charge is 0.236 e. The van der Waals surface area contributed by atoms with Gasteiger partial charge in [0, 0.05) is 18.4 Å². The number of rotatable bonds is 3. The van der Waals surface area contributed by atoms with E-state index in [-0.39, 0.29) is 18.3 Å². The lowest BCUT2D eigenvalue weighted by Gasteiger charge is -2.45. The predicted octanol–water partition coefficient (Wildman–Crippen LogP) is 3.17. The zero-order valence-corrected chi connectivity index (χ0v) is 14.6. The minimum absolute atomic E-state index is 0. The van der Waals surface area contributed by atoms with E-state index in [2.05, 4.69) is 53.8 Å². The Morgan fingerprint density at radius 1 is 1.08 bits per heavy atom. The molecule has 2 aromatic carbocycles. The molecule has 0 saturated heterocycles. The molecule has 5 rings (SSSR count). The summed E-state index contributed by atoms with van der Waals surface area (Å²) >= 11 is 0. The van der Waals surface area contributed by atoms with Gasteiger partial charge in [-0.25, -0.2) is 0 Å². The van der Waals surface area contributed by atoms with Crippen molar-refractivity contribution in [3.05, 3.63) is 70.8 Å². The number of nitrogens with two attached hydrogens (primary N) is 1. The van der Waals surface area contributed by atoms with Crippen molar-refractivity contribution in [2.45, 2.75) is 31.2 Å². The fraction of sp³-hybridized carbons (Fsp3) is 0.350. The molecule has 0 heterocycles. The van der Waals surface area contributed by atoms with Crippen LogP contribution < -0.4 is 11.1 Å². The van der Waals surface area contributed by atoms with Crippen molar-refractivity contribution in [3.63, 3.8) is 0 Å². The molecule has 3 N–H and O–H groups in total. The number of benzene rings is 2. The van der Waals surface area contributed by atoms with Gasteiger partial charge in [-0.05, 0) is 41.5 Å². The number of amides is 1. The van der Waals surface area contributed by atoms with Crippen molar-refractivity contribution in [2.24, 2.45) is 11.7 Å². The molecule has 24 heavy (non-hydrogen) atoms. The molecule has 3 aliphatic rings. The normalized spacial score (nSPS) is 24.3. The number of fused-ring (bicyclic) bond motifs is 1. The van der Waals surface area contributed by atoms with E-state index in [1.54, 1.807) is 6.92 Å². The lowest BCUT2D eigenvalue weighted by molar-refractivity contribution is -0.122. The van der Waals surface area contributed by atoms with Gasteiger partial charge in [0.05, 0.1) is 6.04 Å². The van der Waals surface area contributed by atoms with Crippen LogP contribution in [0, 0.1) is 5.92 Å². The molecule has 0 fully saturated rings. The Labute approximate surface area is 149 Å². The van der Waals surface area contributed by atoms with E-state index in [0.29, 0.717) is 24.3 Å². The first-order valence-corrected chi connectivity index (χ1v) is 8.37. The average Bonchev–Trinajstić information content (AvgIpc) is 2.59. The van der Waals surface area contributed by atoms with Crippen molar-refractivity contribution in [3.8, 4) is 0 Å². The first-order valence-electron chi connectivity index (χ1n) is 8.37. The molecule has 0 spiro atoms. The maximum absolute atomic E-state index is 11.8. The monoisotopic (exact) mass is 342 g/mol. The third-order valence-electron chi connectivity index (χ3n) is 5.37. The molecular weight excluding hydrogens is 320 g/mol. The second kappa shape index (κ2) is 6.58. The van der Waals surface area contributed by atoms with Gasteiger partial charge in [0.15, 0.2) is 0 Å². The summed E-state index contributed by atoms with van der Waals surface area (Å²) < 4.78 is 0. The van der Waals surface area contributed by atoms with E-state index in [9.17, 15) is 4.79 Å². The summed E-state index contributed by atoms with van der Waals surface area (Å²) in [5.41, 5.74) is 11.5. The van der Waals surface area contributed by atoms with Crippen molar-refractivity contribution >= 4 is 18.3 Å². The summed E-state index contributed by atoms with van der Waals surface area (Å²) in [5, 5.41) is 3.03. The summed E-state index contributed by atoms with van der Waals surface area (Å²) in [6.45, 7) is 2.43. The fourth-order valence-electron chi connectivity index (χ4n) is 4.35. The first-order chi connectivity index (χ1) is 11.2. The third-order valence-corrected chi connectivity index (χ3v) is 5.37. The van der Waals surface area contributed by atoms with E-state index in [0.717, 1.165) is 6.42 Å². The lowest BCUT2D eigenvalue weighted by Crippen LogP contribution is -2.44. The summed E-state index contributed by atoms with van der Waals surface area (Å²) in [4.78, 5) is 11.8. The molecule has 2 aromatic rings. The molecule has 0 aliphatic heterocycles. The third kappa shape index (κ3) is 2.62. The van der Waals surface area contributed by atoms with Crippen molar-refractivity contribution in [2.75, 3.05) is 6.54 Å². The van der Waals surface area contributed by atoms with Gasteiger partial charge in [-0.2, -0.15) is 0 Å². The SMILES string of the molecule is CC(N)C(=O)NCC1CC2c3ccccc3C1c1ccccc12.Cl. The molecule has 2 bridgehead atoms. The van der Waals surface area contributed by atoms with Crippen LogP contribution in [0.5, 0.6) is 0 Å². The second-order valence-electron chi connectivity index (χ2n) is 6.82. The van der Waals surface area contributed by atoms with Crippen LogP contribution in [-0.2, 0) is 4.79 Å². The largest absolute Gasteiger partial charge is 0.354 e. The quantitative estimate of drug-likeness (QED) is 0.900. The molecule has 4 heteroatoms. The van der Waals surface area contributed by atoms with Gasteiger partial charge < -0.3 is 11.1 Å². The highest BCUT2D eigenvalue weighted by atomic mass is 35.5. The maximum Gasteiger partial charge on any atom is 0.236 e. The number of nitrogens with one attached hydrogen (secondary N) is 1. The van der Waals surface area contributed by atoms with Gasteiger partial charge in [0.25, 0.3) is 0 Å². The van der Waals surface area contributed by atoms with Crippen LogP contribution in [-0.4, -0.2) is 18.5 Å². The molecule has 0 aromatic heterocycles. The van der Waals surface area contributed by atoms with Crippen LogP contribution in [0.25, 0.3) is 0 Å². The molecule has 1 amide bonds. The van der Waals surface area contributed by atoms with Crippen LogP contribution in [0.2, 0.25) is 0 Å². The van der Waals surface area contributed by atoms with Gasteiger partial charge in [-0.15, -0.1) is 12.4 Å². The highest BCUT2D eigenvalue weighted by molar-refractivity contribution is 5.85. The highest BCUT2D eigenvalue weighted by Crippen LogP contribution is 2.54. The van der Waals surface area contributed by atoms with E-state index in [1.807, 2.05) is 0 Å². The van der Waals surface area contributed by atoms with Crippen LogP contribution in [0.4, 0.5) is 0 Å². The van der Waals surface area contributed by atoms with E-state index < -0.39 is 6.04 Å². The highest BCUT2D eigenvalue weighted by Gasteiger charge is 2.42. The zero-order chi connectivity index (χ0) is 16.0. The van der Waals surface area contributed by atoms with E-state index in [4.69, 9.17) is 5.73 Å². The standard InChI is InChI=1S/C20H22N2O.ClH/c1-12(21)20(23)22-11-13-10-18-14-6-2-4-8-16(14)19(13)17-9-5-3-7-15(17)18;/h2-9,12-13,18-19H,10-11,21H2,1H3,(H,22,23);1H. The number of hydrogen-bond acceptors (Lipinski definition) is 2. The van der Waals surface area contributed by atoms with Gasteiger partial charge >= 0.3 is 0 Å². The minimum Gasteiger partial charge on any atom is -0.354 e. The van der Waals surface area contributed by atoms with Crippen molar-refractivity contribution in [1.29, 1.82) is 0 Å². The Kier molecular flexibility index (Phi) is 4.66. The summed E-state index contributed by atoms with van der Waals surface area (Å²) in [6.07, 6.45) is 1.10. The van der Waals surface area contributed by atoms with Crippen LogP contribution in [0.15, 0.2) is 48.5 Å². The maximum atomic E-state index is 11.8. The van der Waals surface area contributed by atoms with E-state index >= 15 is 0 Å². The Hall–Kier alpha value is -1.84. The average molecular weight is 343 g/mol. The molecule has 3 aliphatic carbocycles. The summed E-state index contributed by atoms with van der Waals surface area (Å²) in [6, 6.07) is 17.1.